The number of nitrogens with two attached hydrogens (primary N) is 1. The first-order valence-electron chi connectivity index (χ1n) is 5.04. The monoisotopic (exact) mass is 296 g/mol. The van der Waals surface area contributed by atoms with Gasteiger partial charge in [-0.15, -0.1) is 12.4 Å². The summed E-state index contributed by atoms with van der Waals surface area (Å²) < 4.78 is 0. The highest BCUT2D eigenvalue weighted by atomic mass is 35.5. The Morgan fingerprint density at radius 1 is 1.35 bits per heavy atom. The van der Waals surface area contributed by atoms with Gasteiger partial charge in [0.1, 0.15) is 0 Å². The van der Waals surface area contributed by atoms with E-state index in [1.165, 1.54) is 0 Å². The van der Waals surface area contributed by atoms with Gasteiger partial charge in [0.2, 0.25) is 5.91 Å². The van der Waals surface area contributed by atoms with Crippen LogP contribution in [-0.4, -0.2) is 19.0 Å². The van der Waals surface area contributed by atoms with Gasteiger partial charge in [0.25, 0.3) is 0 Å². The minimum Gasteiger partial charge on any atom is -0.355 e. The van der Waals surface area contributed by atoms with E-state index in [4.69, 9.17) is 28.9 Å². The lowest BCUT2D eigenvalue weighted by Gasteiger charge is -2.05. The number of amides is 1. The molecular formula is C11H15Cl3N2O. The number of hydrogen-bond donors (Lipinski definition) is 2. The molecule has 0 unspecified atom stereocenters. The Morgan fingerprint density at radius 2 is 2.06 bits per heavy atom. The van der Waals surface area contributed by atoms with E-state index in [1.54, 1.807) is 12.1 Å². The summed E-state index contributed by atoms with van der Waals surface area (Å²) in [4.78, 5) is 10.9. The number of carbonyl (C=O) groups excluding carboxylic acids is 1. The van der Waals surface area contributed by atoms with Crippen LogP contribution in [0, 0.1) is 0 Å². The summed E-state index contributed by atoms with van der Waals surface area (Å²) in [5.41, 5.74) is 6.19. The van der Waals surface area contributed by atoms with E-state index in [0.717, 1.165) is 18.4 Å². The van der Waals surface area contributed by atoms with Crippen LogP contribution >= 0.6 is 35.6 Å². The van der Waals surface area contributed by atoms with Gasteiger partial charge in [-0.1, -0.05) is 29.3 Å². The van der Waals surface area contributed by atoms with Crippen LogP contribution in [0.1, 0.15) is 12.0 Å². The average molecular weight is 298 g/mol. The van der Waals surface area contributed by atoms with Crippen molar-refractivity contribution in [1.29, 1.82) is 0 Å². The second-order valence-electron chi connectivity index (χ2n) is 3.39. The number of aryl methyl sites for hydroxylation is 1. The fourth-order valence-electron chi connectivity index (χ4n) is 1.30. The van der Waals surface area contributed by atoms with Crippen LogP contribution in [0.2, 0.25) is 10.0 Å². The highest BCUT2D eigenvalue weighted by Gasteiger charge is 2.01. The zero-order chi connectivity index (χ0) is 12.0. The van der Waals surface area contributed by atoms with E-state index in [1.807, 2.05) is 6.07 Å². The first-order valence-corrected chi connectivity index (χ1v) is 5.79. The Bertz CT molecular complexity index is 372. The molecule has 0 radical (unpaired) electrons. The Hall–Kier alpha value is -0.480. The molecule has 0 saturated carbocycles. The van der Waals surface area contributed by atoms with Crippen molar-refractivity contribution >= 4 is 41.5 Å². The van der Waals surface area contributed by atoms with Crippen molar-refractivity contribution in [2.75, 3.05) is 13.1 Å². The van der Waals surface area contributed by atoms with E-state index in [-0.39, 0.29) is 24.9 Å². The summed E-state index contributed by atoms with van der Waals surface area (Å²) in [6.07, 6.45) is 1.63. The maximum atomic E-state index is 10.9. The smallest absolute Gasteiger partial charge is 0.233 e. The predicted octanol–water partition coefficient (Wildman–Crippen LogP) is 2.42. The maximum Gasteiger partial charge on any atom is 0.233 e. The zero-order valence-corrected chi connectivity index (χ0v) is 11.5. The Morgan fingerprint density at radius 3 is 2.65 bits per heavy atom. The number of carbonyl (C=O) groups is 1. The standard InChI is InChI=1S/C11H14Cl2N2O.ClH/c12-9-4-3-8(10(13)6-9)2-1-5-15-11(16)7-14;/h3-4,6H,1-2,5,7,14H2,(H,15,16);1H. The van der Waals surface area contributed by atoms with E-state index in [9.17, 15) is 4.79 Å². The molecule has 0 bridgehead atoms. The second kappa shape index (κ2) is 8.59. The zero-order valence-electron chi connectivity index (χ0n) is 9.21. The molecule has 0 fully saturated rings. The van der Waals surface area contributed by atoms with E-state index < -0.39 is 0 Å². The Labute approximate surface area is 117 Å². The number of benzene rings is 1. The third-order valence-electron chi connectivity index (χ3n) is 2.15. The molecule has 3 nitrogen and oxygen atoms in total. The topological polar surface area (TPSA) is 55.1 Å². The quantitative estimate of drug-likeness (QED) is 0.820. The molecule has 6 heteroatoms. The lowest BCUT2D eigenvalue weighted by molar-refractivity contribution is -0.119. The normalized spacial score (nSPS) is 9.59. The first kappa shape index (κ1) is 16.5. The molecule has 1 aromatic rings. The molecule has 0 saturated heterocycles. The molecule has 17 heavy (non-hydrogen) atoms. The molecule has 1 rings (SSSR count). The van der Waals surface area contributed by atoms with Crippen molar-refractivity contribution < 1.29 is 4.79 Å². The SMILES string of the molecule is Cl.NCC(=O)NCCCc1ccc(Cl)cc1Cl. The van der Waals surface area contributed by atoms with Crippen molar-refractivity contribution in [1.82, 2.24) is 5.32 Å². The molecule has 0 spiro atoms. The third-order valence-corrected chi connectivity index (χ3v) is 2.73. The fourth-order valence-corrected chi connectivity index (χ4v) is 1.81. The molecule has 1 aromatic carbocycles. The lowest BCUT2D eigenvalue weighted by atomic mass is 10.1. The number of hydrogen-bond acceptors (Lipinski definition) is 2. The van der Waals surface area contributed by atoms with Crippen LogP contribution in [0.4, 0.5) is 0 Å². The minimum absolute atomic E-state index is 0. The highest BCUT2D eigenvalue weighted by Crippen LogP contribution is 2.21. The van der Waals surface area contributed by atoms with Gasteiger partial charge in [-0.2, -0.15) is 0 Å². The third kappa shape index (κ3) is 6.13. The van der Waals surface area contributed by atoms with E-state index in [2.05, 4.69) is 5.32 Å². The number of nitrogens with one attached hydrogen (secondary N) is 1. The lowest BCUT2D eigenvalue weighted by Crippen LogP contribution is -2.31. The molecule has 0 aliphatic rings. The summed E-state index contributed by atoms with van der Waals surface area (Å²) in [5.74, 6) is -0.137. The van der Waals surface area contributed by atoms with Crippen molar-refractivity contribution in [3.63, 3.8) is 0 Å². The fraction of sp³-hybridized carbons (Fsp3) is 0.364. The van der Waals surface area contributed by atoms with Crippen molar-refractivity contribution in [2.45, 2.75) is 12.8 Å². The predicted molar refractivity (Wildman–Crippen MR) is 74.1 cm³/mol. The van der Waals surface area contributed by atoms with Gasteiger partial charge < -0.3 is 11.1 Å². The molecule has 0 aliphatic carbocycles. The maximum absolute atomic E-state index is 10.9. The van der Waals surface area contributed by atoms with Crippen molar-refractivity contribution in [3.05, 3.63) is 33.8 Å². The van der Waals surface area contributed by atoms with Gasteiger partial charge in [-0.3, -0.25) is 4.79 Å². The van der Waals surface area contributed by atoms with Gasteiger partial charge in [-0.05, 0) is 30.5 Å². The van der Waals surface area contributed by atoms with Crippen LogP contribution in [-0.2, 0) is 11.2 Å². The summed E-state index contributed by atoms with van der Waals surface area (Å²) in [7, 11) is 0. The van der Waals surface area contributed by atoms with E-state index >= 15 is 0 Å². The molecule has 0 atom stereocenters. The average Bonchev–Trinajstić information content (AvgIpc) is 2.26. The van der Waals surface area contributed by atoms with Gasteiger partial charge in [-0.25, -0.2) is 0 Å². The van der Waals surface area contributed by atoms with Crippen LogP contribution < -0.4 is 11.1 Å². The van der Waals surface area contributed by atoms with Crippen molar-refractivity contribution in [2.24, 2.45) is 5.73 Å². The summed E-state index contributed by atoms with van der Waals surface area (Å²) in [6, 6.07) is 5.42. The largest absolute Gasteiger partial charge is 0.355 e. The van der Waals surface area contributed by atoms with Gasteiger partial charge >= 0.3 is 0 Å². The van der Waals surface area contributed by atoms with Gasteiger partial charge in [0, 0.05) is 16.6 Å². The number of halogens is 3. The van der Waals surface area contributed by atoms with Crippen LogP contribution in [0.3, 0.4) is 0 Å². The minimum atomic E-state index is -0.137. The van der Waals surface area contributed by atoms with Gasteiger partial charge in [0.05, 0.1) is 6.54 Å². The molecule has 96 valence electrons. The van der Waals surface area contributed by atoms with Crippen LogP contribution in [0.25, 0.3) is 0 Å². The Kier molecular flexibility index (Phi) is 8.35. The molecular weight excluding hydrogens is 282 g/mol. The Balaban J connectivity index is 0.00000256. The van der Waals surface area contributed by atoms with Crippen molar-refractivity contribution in [3.8, 4) is 0 Å². The molecule has 0 heterocycles. The highest BCUT2D eigenvalue weighted by molar-refractivity contribution is 6.35. The summed E-state index contributed by atoms with van der Waals surface area (Å²) in [5, 5.41) is 3.99. The molecule has 1 amide bonds. The first-order chi connectivity index (χ1) is 7.63. The molecule has 0 aromatic heterocycles. The van der Waals surface area contributed by atoms with Crippen LogP contribution in [0.5, 0.6) is 0 Å². The summed E-state index contributed by atoms with van der Waals surface area (Å²) >= 11 is 11.8. The van der Waals surface area contributed by atoms with Gasteiger partial charge in [0.15, 0.2) is 0 Å². The molecule has 3 N–H and O–H groups in total. The van der Waals surface area contributed by atoms with E-state index in [0.29, 0.717) is 16.6 Å². The molecule has 0 aliphatic heterocycles. The number of rotatable bonds is 5. The van der Waals surface area contributed by atoms with Crippen LogP contribution in [0.15, 0.2) is 18.2 Å². The summed E-state index contributed by atoms with van der Waals surface area (Å²) in [6.45, 7) is 0.636. The second-order valence-corrected chi connectivity index (χ2v) is 4.24.